The predicted octanol–water partition coefficient (Wildman–Crippen LogP) is 2.62. The van der Waals surface area contributed by atoms with Crippen LogP contribution in [-0.4, -0.2) is 40.0 Å². The first-order valence-electron chi connectivity index (χ1n) is 9.18. The van der Waals surface area contributed by atoms with Crippen molar-refractivity contribution in [2.45, 2.75) is 31.2 Å². The highest BCUT2D eigenvalue weighted by atomic mass is 35.5. The predicted molar refractivity (Wildman–Crippen MR) is 107 cm³/mol. The van der Waals surface area contributed by atoms with Gasteiger partial charge >= 0.3 is 5.69 Å². The van der Waals surface area contributed by atoms with E-state index in [1.165, 1.54) is 25.7 Å². The molecule has 0 bridgehead atoms. The minimum atomic E-state index is -3.63. The largest absolute Gasteiger partial charge is 0.350 e. The fraction of sp³-hybridized carbons (Fsp3) is 0.368. The minimum Gasteiger partial charge on any atom is -0.249 e. The van der Waals surface area contributed by atoms with Crippen molar-refractivity contribution in [3.63, 3.8) is 0 Å². The van der Waals surface area contributed by atoms with Gasteiger partial charge in [-0.1, -0.05) is 30.7 Å². The second kappa shape index (κ2) is 7.35. The Labute approximate surface area is 168 Å². The Balaban J connectivity index is 1.66. The molecule has 0 unspecified atom stereocenters. The number of fused-ring (bicyclic) bond motifs is 1. The van der Waals surface area contributed by atoms with E-state index in [2.05, 4.69) is 12.0 Å². The van der Waals surface area contributed by atoms with E-state index in [1.54, 1.807) is 18.2 Å². The Morgan fingerprint density at radius 2 is 1.79 bits per heavy atom. The molecule has 28 heavy (non-hydrogen) atoms. The van der Waals surface area contributed by atoms with Crippen molar-refractivity contribution in [3.8, 4) is 0 Å². The molecule has 1 fully saturated rings. The standard InChI is InChI=1S/C19H21ClN4O3S/c1-14-8-10-22(11-9-14)28(26,27)17-6-7-18-21-24(19(25)23(18)13-17)12-15-2-4-16(20)5-3-15/h2-7,13-14H,8-12H2,1H3. The van der Waals surface area contributed by atoms with Gasteiger partial charge in [-0.15, -0.1) is 5.10 Å². The van der Waals surface area contributed by atoms with E-state index < -0.39 is 10.0 Å². The van der Waals surface area contributed by atoms with E-state index in [0.29, 0.717) is 29.7 Å². The number of pyridine rings is 1. The topological polar surface area (TPSA) is 76.7 Å². The quantitative estimate of drug-likeness (QED) is 0.650. The zero-order valence-electron chi connectivity index (χ0n) is 15.5. The summed E-state index contributed by atoms with van der Waals surface area (Å²) in [5.41, 5.74) is 0.907. The molecule has 0 radical (unpaired) electrons. The number of sulfonamides is 1. The normalized spacial score (nSPS) is 16.6. The molecule has 2 aromatic heterocycles. The fourth-order valence-electron chi connectivity index (χ4n) is 3.39. The maximum absolute atomic E-state index is 12.9. The first kappa shape index (κ1) is 19.2. The number of halogens is 1. The number of hydrogen-bond acceptors (Lipinski definition) is 4. The van der Waals surface area contributed by atoms with Crippen molar-refractivity contribution < 1.29 is 8.42 Å². The first-order chi connectivity index (χ1) is 13.3. The minimum absolute atomic E-state index is 0.114. The van der Waals surface area contributed by atoms with Gasteiger partial charge in [0.25, 0.3) is 0 Å². The average Bonchev–Trinajstić information content (AvgIpc) is 2.99. The Bertz CT molecular complexity index is 1160. The van der Waals surface area contributed by atoms with Gasteiger partial charge in [-0.2, -0.15) is 4.31 Å². The monoisotopic (exact) mass is 420 g/mol. The van der Waals surface area contributed by atoms with Gasteiger partial charge in [0.15, 0.2) is 5.65 Å². The fourth-order valence-corrected chi connectivity index (χ4v) is 4.99. The zero-order valence-corrected chi connectivity index (χ0v) is 17.0. The van der Waals surface area contributed by atoms with Gasteiger partial charge in [0.2, 0.25) is 10.0 Å². The highest BCUT2D eigenvalue weighted by Gasteiger charge is 2.28. The molecule has 1 saturated heterocycles. The van der Waals surface area contributed by atoms with Gasteiger partial charge in [-0.25, -0.2) is 22.3 Å². The van der Waals surface area contributed by atoms with Crippen LogP contribution in [0.5, 0.6) is 0 Å². The van der Waals surface area contributed by atoms with Crippen LogP contribution in [0.25, 0.3) is 5.65 Å². The molecule has 148 valence electrons. The van der Waals surface area contributed by atoms with Gasteiger partial charge in [0, 0.05) is 24.3 Å². The van der Waals surface area contributed by atoms with Crippen molar-refractivity contribution >= 4 is 27.3 Å². The van der Waals surface area contributed by atoms with Crippen LogP contribution in [0.3, 0.4) is 0 Å². The molecular formula is C19H21ClN4O3S. The van der Waals surface area contributed by atoms with E-state index in [0.717, 1.165) is 18.4 Å². The van der Waals surface area contributed by atoms with Crippen molar-refractivity contribution in [2.24, 2.45) is 5.92 Å². The molecule has 0 N–H and O–H groups in total. The molecular weight excluding hydrogens is 400 g/mol. The van der Waals surface area contributed by atoms with Gasteiger partial charge in [-0.05, 0) is 48.6 Å². The summed E-state index contributed by atoms with van der Waals surface area (Å²) in [6, 6.07) is 10.2. The van der Waals surface area contributed by atoms with Gasteiger partial charge < -0.3 is 0 Å². The Morgan fingerprint density at radius 3 is 2.46 bits per heavy atom. The molecule has 3 aromatic rings. The van der Waals surface area contributed by atoms with E-state index in [9.17, 15) is 13.2 Å². The summed E-state index contributed by atoms with van der Waals surface area (Å²) in [6.45, 7) is 3.42. The van der Waals surface area contributed by atoms with E-state index in [1.807, 2.05) is 12.1 Å². The maximum atomic E-state index is 12.9. The van der Waals surface area contributed by atoms with E-state index in [4.69, 9.17) is 11.6 Å². The van der Waals surface area contributed by atoms with Crippen molar-refractivity contribution in [2.75, 3.05) is 13.1 Å². The summed E-state index contributed by atoms with van der Waals surface area (Å²) >= 11 is 5.89. The zero-order chi connectivity index (χ0) is 19.9. The van der Waals surface area contributed by atoms with E-state index >= 15 is 0 Å². The van der Waals surface area contributed by atoms with Gasteiger partial charge in [-0.3, -0.25) is 0 Å². The number of nitrogens with zero attached hydrogens (tertiary/aromatic N) is 4. The lowest BCUT2D eigenvalue weighted by molar-refractivity contribution is 0.288. The number of hydrogen-bond donors (Lipinski definition) is 0. The van der Waals surface area contributed by atoms with Crippen LogP contribution in [0, 0.1) is 5.92 Å². The molecule has 0 spiro atoms. The summed E-state index contributed by atoms with van der Waals surface area (Å²) in [6.07, 6.45) is 3.07. The van der Waals surface area contributed by atoms with Crippen LogP contribution in [0.15, 0.2) is 52.3 Å². The lowest BCUT2D eigenvalue weighted by Crippen LogP contribution is -2.38. The summed E-state index contributed by atoms with van der Waals surface area (Å²) in [5.74, 6) is 0.530. The molecule has 1 aromatic carbocycles. The molecule has 0 amide bonds. The van der Waals surface area contributed by atoms with Crippen molar-refractivity contribution in [3.05, 3.63) is 63.7 Å². The molecule has 0 aliphatic carbocycles. The highest BCUT2D eigenvalue weighted by molar-refractivity contribution is 7.89. The summed E-state index contributed by atoms with van der Waals surface area (Å²) < 4.78 is 30.0. The van der Waals surface area contributed by atoms with Crippen LogP contribution in [0.2, 0.25) is 5.02 Å². The van der Waals surface area contributed by atoms with Gasteiger partial charge in [0.1, 0.15) is 0 Å². The molecule has 4 rings (SSSR count). The number of rotatable bonds is 4. The first-order valence-corrected chi connectivity index (χ1v) is 11.0. The third kappa shape index (κ3) is 3.59. The molecule has 0 saturated carbocycles. The third-order valence-corrected chi connectivity index (χ3v) is 7.31. The number of benzene rings is 1. The number of aromatic nitrogens is 3. The lowest BCUT2D eigenvalue weighted by Gasteiger charge is -2.29. The highest BCUT2D eigenvalue weighted by Crippen LogP contribution is 2.23. The molecule has 9 heteroatoms. The van der Waals surface area contributed by atoms with Crippen LogP contribution in [0.4, 0.5) is 0 Å². The molecule has 0 atom stereocenters. The Morgan fingerprint density at radius 1 is 1.11 bits per heavy atom. The Kier molecular flexibility index (Phi) is 5.03. The SMILES string of the molecule is CC1CCN(S(=O)(=O)c2ccc3nn(Cc4ccc(Cl)cc4)c(=O)n3c2)CC1. The smallest absolute Gasteiger partial charge is 0.249 e. The second-order valence-electron chi connectivity index (χ2n) is 7.25. The number of piperidine rings is 1. The van der Waals surface area contributed by atoms with Crippen molar-refractivity contribution in [1.82, 2.24) is 18.5 Å². The summed E-state index contributed by atoms with van der Waals surface area (Å²) in [7, 11) is -3.63. The molecule has 7 nitrogen and oxygen atoms in total. The Hall–Kier alpha value is -2.16. The molecule has 3 heterocycles. The van der Waals surface area contributed by atoms with E-state index in [-0.39, 0.29) is 17.1 Å². The molecule has 1 aliphatic rings. The summed E-state index contributed by atoms with van der Waals surface area (Å²) in [4.78, 5) is 12.8. The second-order valence-corrected chi connectivity index (χ2v) is 9.62. The van der Waals surface area contributed by atoms with Crippen LogP contribution < -0.4 is 5.69 Å². The van der Waals surface area contributed by atoms with Crippen LogP contribution >= 0.6 is 11.6 Å². The third-order valence-electron chi connectivity index (χ3n) is 5.18. The van der Waals surface area contributed by atoms with Crippen LogP contribution in [-0.2, 0) is 16.6 Å². The lowest BCUT2D eigenvalue weighted by atomic mass is 10.0. The van der Waals surface area contributed by atoms with Crippen LogP contribution in [0.1, 0.15) is 25.3 Å². The van der Waals surface area contributed by atoms with Crippen molar-refractivity contribution in [1.29, 1.82) is 0 Å². The van der Waals surface area contributed by atoms with Gasteiger partial charge in [0.05, 0.1) is 11.4 Å². The average molecular weight is 421 g/mol. The molecule has 1 aliphatic heterocycles. The maximum Gasteiger partial charge on any atom is 0.350 e. The summed E-state index contributed by atoms with van der Waals surface area (Å²) in [5, 5.41) is 4.92.